The van der Waals surface area contributed by atoms with Crippen LogP contribution in [0.3, 0.4) is 0 Å². The summed E-state index contributed by atoms with van der Waals surface area (Å²) in [4.78, 5) is 14.0. The summed E-state index contributed by atoms with van der Waals surface area (Å²) in [6.45, 7) is 8.70. The molecule has 1 aliphatic heterocycles. The molecule has 0 aromatic rings. The first kappa shape index (κ1) is 14.5. The second kappa shape index (κ2) is 5.36. The topological polar surface area (TPSA) is 66.2 Å². The maximum atomic E-state index is 12.2. The summed E-state index contributed by atoms with van der Waals surface area (Å²) in [5, 5.41) is 11.6. The number of likely N-dealkylation sites (tertiary alicyclic amines) is 1. The lowest BCUT2D eigenvalue weighted by molar-refractivity contribution is -0.142. The van der Waals surface area contributed by atoms with Gasteiger partial charge in [-0.3, -0.25) is 4.79 Å². The van der Waals surface area contributed by atoms with Crippen molar-refractivity contribution in [3.63, 3.8) is 0 Å². The molecule has 2 unspecified atom stereocenters. The highest BCUT2D eigenvalue weighted by Gasteiger charge is 2.39. The lowest BCUT2D eigenvalue weighted by Crippen LogP contribution is -2.56. The second-order valence-corrected chi connectivity index (χ2v) is 6.07. The largest absolute Gasteiger partial charge is 0.338 e. The molecule has 0 saturated carbocycles. The van der Waals surface area contributed by atoms with Crippen molar-refractivity contribution >= 4 is 5.91 Å². The fraction of sp³-hybridized carbons (Fsp3) is 0.923. The van der Waals surface area contributed by atoms with E-state index < -0.39 is 12.1 Å². The Labute approximate surface area is 104 Å². The standard InChI is InChI=1S/C13H25N2O2/c1-5-10(14)12(17)15-7-6-9(16)8-11(15)13(2,3)4/h9-11H,5-8,14H2,1-4H3/t9-,10?,11?/m0/s1. The SMILES string of the molecule is CCC(N)C(=O)N1CC[C@H]([O])CC1C(C)(C)C. The highest BCUT2D eigenvalue weighted by atomic mass is 16.3. The zero-order chi connectivity index (χ0) is 13.2. The Kier molecular flexibility index (Phi) is 4.55. The Morgan fingerprint density at radius 2 is 2.06 bits per heavy atom. The van der Waals surface area contributed by atoms with Crippen molar-refractivity contribution in [2.24, 2.45) is 11.1 Å². The van der Waals surface area contributed by atoms with E-state index in [9.17, 15) is 9.90 Å². The van der Waals surface area contributed by atoms with Crippen LogP contribution in [0.2, 0.25) is 0 Å². The second-order valence-electron chi connectivity index (χ2n) is 6.07. The van der Waals surface area contributed by atoms with E-state index in [4.69, 9.17) is 5.73 Å². The zero-order valence-corrected chi connectivity index (χ0v) is 11.4. The molecular weight excluding hydrogens is 216 g/mol. The minimum Gasteiger partial charge on any atom is -0.338 e. The fourth-order valence-electron chi connectivity index (χ4n) is 2.41. The molecule has 0 aromatic carbocycles. The van der Waals surface area contributed by atoms with Crippen LogP contribution in [0, 0.1) is 5.41 Å². The molecule has 3 atom stereocenters. The summed E-state index contributed by atoms with van der Waals surface area (Å²) in [6, 6.07) is -0.410. The number of hydrogen-bond acceptors (Lipinski definition) is 2. The van der Waals surface area contributed by atoms with Crippen LogP contribution in [0.4, 0.5) is 0 Å². The monoisotopic (exact) mass is 241 g/mol. The number of hydrogen-bond donors (Lipinski definition) is 1. The van der Waals surface area contributed by atoms with Crippen LogP contribution in [0.25, 0.3) is 0 Å². The quantitative estimate of drug-likeness (QED) is 0.797. The number of nitrogens with zero attached hydrogens (tertiary/aromatic N) is 1. The van der Waals surface area contributed by atoms with Crippen LogP contribution in [0.5, 0.6) is 0 Å². The highest BCUT2D eigenvalue weighted by Crippen LogP contribution is 2.32. The number of nitrogens with two attached hydrogens (primary N) is 1. The third-order valence-corrected chi connectivity index (χ3v) is 3.59. The molecule has 1 rings (SSSR count). The number of rotatable bonds is 2. The maximum Gasteiger partial charge on any atom is 0.239 e. The normalized spacial score (nSPS) is 28.0. The van der Waals surface area contributed by atoms with E-state index in [0.717, 1.165) is 0 Å². The predicted molar refractivity (Wildman–Crippen MR) is 66.9 cm³/mol. The Bertz CT molecular complexity index is 273. The van der Waals surface area contributed by atoms with Crippen molar-refractivity contribution in [3.8, 4) is 0 Å². The zero-order valence-electron chi connectivity index (χ0n) is 11.4. The van der Waals surface area contributed by atoms with E-state index >= 15 is 0 Å². The van der Waals surface area contributed by atoms with Gasteiger partial charge >= 0.3 is 0 Å². The van der Waals surface area contributed by atoms with Gasteiger partial charge in [-0.05, 0) is 24.7 Å². The van der Waals surface area contributed by atoms with Crippen LogP contribution in [0.1, 0.15) is 47.0 Å². The van der Waals surface area contributed by atoms with E-state index in [2.05, 4.69) is 20.8 Å². The van der Waals surface area contributed by atoms with Crippen molar-refractivity contribution in [1.29, 1.82) is 0 Å². The van der Waals surface area contributed by atoms with Crippen molar-refractivity contribution in [2.75, 3.05) is 6.54 Å². The first-order chi connectivity index (χ1) is 7.77. The van der Waals surface area contributed by atoms with Gasteiger partial charge in [0.05, 0.1) is 12.1 Å². The molecule has 0 bridgehead atoms. The summed E-state index contributed by atoms with van der Waals surface area (Å²) in [5.74, 6) is -0.000625. The van der Waals surface area contributed by atoms with Crippen LogP contribution in [-0.2, 0) is 9.90 Å². The van der Waals surface area contributed by atoms with E-state index in [1.54, 1.807) is 0 Å². The molecule has 2 N–H and O–H groups in total. The van der Waals surface area contributed by atoms with Crippen LogP contribution >= 0.6 is 0 Å². The summed E-state index contributed by atoms with van der Waals surface area (Å²) >= 11 is 0. The molecule has 0 aliphatic carbocycles. The lowest BCUT2D eigenvalue weighted by atomic mass is 9.79. The first-order valence-corrected chi connectivity index (χ1v) is 6.49. The van der Waals surface area contributed by atoms with E-state index in [1.807, 2.05) is 11.8 Å². The molecule has 0 spiro atoms. The van der Waals surface area contributed by atoms with Crippen molar-refractivity contribution in [2.45, 2.75) is 65.1 Å². The summed E-state index contributed by atoms with van der Waals surface area (Å²) in [6.07, 6.45) is 1.20. The third kappa shape index (κ3) is 3.42. The Morgan fingerprint density at radius 3 is 2.53 bits per heavy atom. The van der Waals surface area contributed by atoms with Crippen molar-refractivity contribution in [1.82, 2.24) is 4.90 Å². The molecule has 1 aliphatic rings. The van der Waals surface area contributed by atoms with E-state index in [0.29, 0.717) is 25.8 Å². The van der Waals surface area contributed by atoms with Gasteiger partial charge in [-0.25, -0.2) is 5.11 Å². The molecule has 1 saturated heterocycles. The summed E-state index contributed by atoms with van der Waals surface area (Å²) < 4.78 is 0. The van der Waals surface area contributed by atoms with Crippen LogP contribution < -0.4 is 5.73 Å². The van der Waals surface area contributed by atoms with Gasteiger partial charge in [0.2, 0.25) is 5.91 Å². The lowest BCUT2D eigenvalue weighted by Gasteiger charge is -2.45. The predicted octanol–water partition coefficient (Wildman–Crippen LogP) is 1.56. The number of carbonyl (C=O) groups is 1. The van der Waals surface area contributed by atoms with Gasteiger partial charge in [0, 0.05) is 12.6 Å². The van der Waals surface area contributed by atoms with Crippen LogP contribution in [0.15, 0.2) is 0 Å². The average Bonchev–Trinajstić information content (AvgIpc) is 2.25. The molecule has 1 amide bonds. The number of amides is 1. The molecule has 1 radical (unpaired) electrons. The van der Waals surface area contributed by atoms with Gasteiger partial charge in [0.1, 0.15) is 0 Å². The molecule has 0 aromatic heterocycles. The van der Waals surface area contributed by atoms with Gasteiger partial charge in [-0.1, -0.05) is 27.7 Å². The maximum absolute atomic E-state index is 12.2. The smallest absolute Gasteiger partial charge is 0.239 e. The third-order valence-electron chi connectivity index (χ3n) is 3.59. The minimum absolute atomic E-state index is 0.000625. The number of piperidine rings is 1. The summed E-state index contributed by atoms with van der Waals surface area (Å²) in [5.41, 5.74) is 5.75. The molecular formula is C13H25N2O2. The van der Waals surface area contributed by atoms with Crippen molar-refractivity contribution in [3.05, 3.63) is 0 Å². The van der Waals surface area contributed by atoms with Crippen LogP contribution in [-0.4, -0.2) is 35.5 Å². The van der Waals surface area contributed by atoms with Gasteiger partial charge in [0.25, 0.3) is 0 Å². The van der Waals surface area contributed by atoms with E-state index in [1.165, 1.54) is 0 Å². The Balaban J connectivity index is 2.84. The van der Waals surface area contributed by atoms with E-state index in [-0.39, 0.29) is 17.4 Å². The molecule has 17 heavy (non-hydrogen) atoms. The molecule has 1 heterocycles. The first-order valence-electron chi connectivity index (χ1n) is 6.49. The Morgan fingerprint density at radius 1 is 1.47 bits per heavy atom. The molecule has 99 valence electrons. The molecule has 4 nitrogen and oxygen atoms in total. The summed E-state index contributed by atoms with van der Waals surface area (Å²) in [7, 11) is 0. The van der Waals surface area contributed by atoms with Crippen molar-refractivity contribution < 1.29 is 9.90 Å². The Hall–Kier alpha value is -0.610. The minimum atomic E-state index is -0.541. The molecule has 1 fully saturated rings. The fourth-order valence-corrected chi connectivity index (χ4v) is 2.41. The van der Waals surface area contributed by atoms with Gasteiger partial charge in [-0.15, -0.1) is 0 Å². The van der Waals surface area contributed by atoms with Gasteiger partial charge in [-0.2, -0.15) is 0 Å². The van der Waals surface area contributed by atoms with Gasteiger partial charge in [0.15, 0.2) is 0 Å². The molecule has 4 heteroatoms. The van der Waals surface area contributed by atoms with Gasteiger partial charge < -0.3 is 10.6 Å². The average molecular weight is 241 g/mol. The number of carbonyl (C=O) groups excluding carboxylic acids is 1. The highest BCUT2D eigenvalue weighted by molar-refractivity contribution is 5.82.